The van der Waals surface area contributed by atoms with Gasteiger partial charge in [-0.1, -0.05) is 13.8 Å². The number of hydrogen-bond acceptors (Lipinski definition) is 1. The van der Waals surface area contributed by atoms with E-state index in [0.29, 0.717) is 5.84 Å². The van der Waals surface area contributed by atoms with Gasteiger partial charge < -0.3 is 5.73 Å². The standard InChI is InChI=1S/C6H11F2N3/c1-4(2)5(9)10-3-11-6(7)8/h3-4,6H,1-2H3,(H2,9,10,11). The average molecular weight is 163 g/mol. The van der Waals surface area contributed by atoms with Crippen LogP contribution in [0.4, 0.5) is 8.78 Å². The second-order valence-electron chi connectivity index (χ2n) is 2.25. The Morgan fingerprint density at radius 1 is 1.45 bits per heavy atom. The van der Waals surface area contributed by atoms with Crippen molar-refractivity contribution >= 4 is 12.2 Å². The summed E-state index contributed by atoms with van der Waals surface area (Å²) in [5.74, 6) is 0.355. The summed E-state index contributed by atoms with van der Waals surface area (Å²) < 4.78 is 22.8. The SMILES string of the molecule is CC(C)C(N)=N/C=N/C(F)F. The van der Waals surface area contributed by atoms with Crippen molar-refractivity contribution in [3.8, 4) is 0 Å². The monoisotopic (exact) mass is 163 g/mol. The first-order valence-corrected chi connectivity index (χ1v) is 3.17. The molecule has 0 rings (SSSR count). The Labute approximate surface area is 64.0 Å². The van der Waals surface area contributed by atoms with Crippen LogP contribution in [-0.2, 0) is 0 Å². The van der Waals surface area contributed by atoms with Crippen LogP contribution in [-0.4, -0.2) is 18.7 Å². The van der Waals surface area contributed by atoms with Gasteiger partial charge in [0.25, 0.3) is 0 Å². The normalized spacial score (nSPS) is 13.8. The summed E-state index contributed by atoms with van der Waals surface area (Å²) in [5.41, 5.74) is 5.32. The third-order valence-electron chi connectivity index (χ3n) is 0.978. The molecule has 0 bridgehead atoms. The Morgan fingerprint density at radius 3 is 2.36 bits per heavy atom. The van der Waals surface area contributed by atoms with Gasteiger partial charge in [0.2, 0.25) is 0 Å². The fraction of sp³-hybridized carbons (Fsp3) is 0.667. The minimum Gasteiger partial charge on any atom is -0.387 e. The van der Waals surface area contributed by atoms with Crippen LogP contribution in [0.5, 0.6) is 0 Å². The first kappa shape index (κ1) is 10.0. The lowest BCUT2D eigenvalue weighted by Gasteiger charge is -1.99. The first-order valence-electron chi connectivity index (χ1n) is 3.17. The molecule has 0 spiro atoms. The highest BCUT2D eigenvalue weighted by molar-refractivity contribution is 5.88. The zero-order valence-corrected chi connectivity index (χ0v) is 6.46. The van der Waals surface area contributed by atoms with Crippen LogP contribution < -0.4 is 5.73 Å². The molecule has 11 heavy (non-hydrogen) atoms. The summed E-state index contributed by atoms with van der Waals surface area (Å²) in [5, 5.41) is 0. The molecular formula is C6H11F2N3. The number of hydrogen-bond donors (Lipinski definition) is 1. The molecule has 0 heterocycles. The highest BCUT2D eigenvalue weighted by Crippen LogP contribution is 1.93. The fourth-order valence-corrected chi connectivity index (χ4v) is 0.299. The van der Waals surface area contributed by atoms with Crippen LogP contribution in [0, 0.1) is 5.92 Å². The van der Waals surface area contributed by atoms with Gasteiger partial charge in [-0.3, -0.25) is 0 Å². The number of alkyl halides is 2. The Hall–Kier alpha value is -1.00. The Balaban J connectivity index is 3.91. The maximum absolute atomic E-state index is 11.4. The van der Waals surface area contributed by atoms with Gasteiger partial charge in [0.15, 0.2) is 0 Å². The van der Waals surface area contributed by atoms with E-state index in [4.69, 9.17) is 5.73 Å². The Morgan fingerprint density at radius 2 is 2.00 bits per heavy atom. The third kappa shape index (κ3) is 5.44. The van der Waals surface area contributed by atoms with Crippen molar-refractivity contribution in [2.75, 3.05) is 0 Å². The zero-order chi connectivity index (χ0) is 8.85. The van der Waals surface area contributed by atoms with Gasteiger partial charge in [-0.15, -0.1) is 0 Å². The summed E-state index contributed by atoms with van der Waals surface area (Å²) in [4.78, 5) is 6.21. The summed E-state index contributed by atoms with van der Waals surface area (Å²) >= 11 is 0. The highest BCUT2D eigenvalue weighted by Gasteiger charge is 1.96. The smallest absolute Gasteiger partial charge is 0.333 e. The summed E-state index contributed by atoms with van der Waals surface area (Å²) in [6.45, 7) is 0.920. The van der Waals surface area contributed by atoms with Crippen LogP contribution in [0.3, 0.4) is 0 Å². The number of aliphatic imine (C=N–C) groups is 2. The van der Waals surface area contributed by atoms with Crippen molar-refractivity contribution in [2.24, 2.45) is 21.6 Å². The van der Waals surface area contributed by atoms with Gasteiger partial charge in [0.1, 0.15) is 12.2 Å². The molecule has 0 aliphatic carbocycles. The van der Waals surface area contributed by atoms with Crippen molar-refractivity contribution in [2.45, 2.75) is 20.4 Å². The van der Waals surface area contributed by atoms with Crippen molar-refractivity contribution in [1.29, 1.82) is 0 Å². The average Bonchev–Trinajstić information content (AvgIpc) is 1.86. The zero-order valence-electron chi connectivity index (χ0n) is 6.46. The maximum atomic E-state index is 11.4. The van der Waals surface area contributed by atoms with Crippen LogP contribution in [0.2, 0.25) is 0 Å². The summed E-state index contributed by atoms with van der Waals surface area (Å²) in [6.07, 6.45) is 0.778. The topological polar surface area (TPSA) is 50.7 Å². The van der Waals surface area contributed by atoms with Crippen molar-refractivity contribution in [3.05, 3.63) is 0 Å². The Bertz CT molecular complexity index is 163. The molecule has 0 saturated heterocycles. The molecule has 0 saturated carbocycles. The molecule has 0 unspecified atom stereocenters. The van der Waals surface area contributed by atoms with E-state index >= 15 is 0 Å². The Kier molecular flexibility index (Phi) is 4.33. The van der Waals surface area contributed by atoms with Gasteiger partial charge in [0.05, 0.1) is 0 Å². The number of halogens is 2. The quantitative estimate of drug-likeness (QED) is 0.380. The molecule has 0 aliphatic heterocycles. The van der Waals surface area contributed by atoms with Crippen molar-refractivity contribution in [1.82, 2.24) is 0 Å². The van der Waals surface area contributed by atoms with Crippen molar-refractivity contribution in [3.63, 3.8) is 0 Å². The molecule has 0 amide bonds. The van der Waals surface area contributed by atoms with Gasteiger partial charge in [-0.25, -0.2) is 9.98 Å². The number of nitrogens with two attached hydrogens (primary N) is 1. The van der Waals surface area contributed by atoms with E-state index in [2.05, 4.69) is 9.98 Å². The lowest BCUT2D eigenvalue weighted by Crippen LogP contribution is -2.18. The van der Waals surface area contributed by atoms with E-state index < -0.39 is 6.55 Å². The fourth-order valence-electron chi connectivity index (χ4n) is 0.299. The van der Waals surface area contributed by atoms with Crippen LogP contribution in [0.25, 0.3) is 0 Å². The van der Waals surface area contributed by atoms with E-state index in [0.717, 1.165) is 6.34 Å². The number of rotatable bonds is 3. The predicted molar refractivity (Wildman–Crippen MR) is 41.0 cm³/mol. The van der Waals surface area contributed by atoms with Crippen LogP contribution in [0.15, 0.2) is 9.98 Å². The summed E-state index contributed by atoms with van der Waals surface area (Å²) in [7, 11) is 0. The minimum absolute atomic E-state index is 0.0547. The molecule has 64 valence electrons. The van der Waals surface area contributed by atoms with Gasteiger partial charge in [-0.05, 0) is 0 Å². The number of nitrogens with zero attached hydrogens (tertiary/aromatic N) is 2. The lowest BCUT2D eigenvalue weighted by atomic mass is 10.2. The summed E-state index contributed by atoms with van der Waals surface area (Å²) in [6, 6.07) is 0. The molecule has 0 aromatic heterocycles. The second kappa shape index (κ2) is 4.76. The molecule has 2 N–H and O–H groups in total. The minimum atomic E-state index is -2.71. The largest absolute Gasteiger partial charge is 0.387 e. The third-order valence-corrected chi connectivity index (χ3v) is 0.978. The molecule has 0 aromatic carbocycles. The van der Waals surface area contributed by atoms with Crippen molar-refractivity contribution < 1.29 is 8.78 Å². The molecule has 3 nitrogen and oxygen atoms in total. The first-order chi connectivity index (χ1) is 5.04. The number of amidine groups is 1. The van der Waals surface area contributed by atoms with E-state index in [1.165, 1.54) is 0 Å². The molecule has 0 fully saturated rings. The van der Waals surface area contributed by atoms with Gasteiger partial charge in [-0.2, -0.15) is 8.78 Å². The van der Waals surface area contributed by atoms with E-state index in [9.17, 15) is 8.78 Å². The van der Waals surface area contributed by atoms with Gasteiger partial charge in [0, 0.05) is 5.92 Å². The predicted octanol–water partition coefficient (Wildman–Crippen LogP) is 1.25. The maximum Gasteiger partial charge on any atom is 0.333 e. The molecular weight excluding hydrogens is 152 g/mol. The van der Waals surface area contributed by atoms with Crippen LogP contribution >= 0.6 is 0 Å². The lowest BCUT2D eigenvalue weighted by molar-refractivity contribution is 0.160. The highest BCUT2D eigenvalue weighted by atomic mass is 19.3. The van der Waals surface area contributed by atoms with E-state index in [1.807, 2.05) is 13.8 Å². The molecule has 0 radical (unpaired) electrons. The van der Waals surface area contributed by atoms with E-state index in [-0.39, 0.29) is 5.92 Å². The molecule has 0 atom stereocenters. The molecule has 5 heteroatoms. The van der Waals surface area contributed by atoms with Crippen LogP contribution in [0.1, 0.15) is 13.8 Å². The second-order valence-corrected chi connectivity index (χ2v) is 2.25. The molecule has 0 aliphatic rings. The molecule has 0 aromatic rings. The van der Waals surface area contributed by atoms with Gasteiger partial charge >= 0.3 is 6.55 Å². The van der Waals surface area contributed by atoms with E-state index in [1.54, 1.807) is 0 Å².